The van der Waals surface area contributed by atoms with Crippen molar-refractivity contribution in [3.05, 3.63) is 93.5 Å². The molecule has 0 atom stereocenters. The second-order valence-corrected chi connectivity index (χ2v) is 8.99. The van der Waals surface area contributed by atoms with E-state index in [1.165, 1.54) is 12.1 Å². The van der Waals surface area contributed by atoms with Gasteiger partial charge in [0.25, 0.3) is 17.7 Å². The second-order valence-electron chi connectivity index (χ2n) is 8.58. The summed E-state index contributed by atoms with van der Waals surface area (Å²) in [5.41, 5.74) is 3.73. The smallest absolute Gasteiger partial charge is 0.335 e. The Balaban J connectivity index is 1.56. The molecule has 4 rings (SSSR count). The Kier molecular flexibility index (Phi) is 7.40. The van der Waals surface area contributed by atoms with E-state index >= 15 is 0 Å². The maximum Gasteiger partial charge on any atom is 0.335 e. The standard InChI is InChI=1S/C28H24ClN3O5/c1-16-8-9-18(3)23(12-16)30-25(33)15-37-24-7-5-4-6-19(24)13-21-26(34)31-28(36)32(27(21)35)20-11-10-17(2)22(29)14-20/h4-14H,15H2,1-3H3,(H,30,33)(H,31,34,36)/b21-13+. The van der Waals surface area contributed by atoms with Crippen LogP contribution in [0.4, 0.5) is 16.2 Å². The van der Waals surface area contributed by atoms with Gasteiger partial charge in [-0.25, -0.2) is 9.69 Å². The Morgan fingerprint density at radius 3 is 2.49 bits per heavy atom. The number of nitrogens with zero attached hydrogens (tertiary/aromatic N) is 1. The molecule has 0 radical (unpaired) electrons. The number of nitrogens with one attached hydrogen (secondary N) is 2. The number of anilines is 2. The molecule has 0 aromatic heterocycles. The number of carbonyl (C=O) groups is 4. The number of barbiturate groups is 1. The van der Waals surface area contributed by atoms with Crippen molar-refractivity contribution in [2.75, 3.05) is 16.8 Å². The molecule has 188 valence electrons. The lowest BCUT2D eigenvalue weighted by molar-refractivity contribution is -0.122. The minimum atomic E-state index is -0.875. The van der Waals surface area contributed by atoms with E-state index in [1.807, 2.05) is 32.0 Å². The summed E-state index contributed by atoms with van der Waals surface area (Å²) in [6.07, 6.45) is 1.32. The van der Waals surface area contributed by atoms with Crippen LogP contribution in [0.15, 0.2) is 66.2 Å². The van der Waals surface area contributed by atoms with Crippen molar-refractivity contribution in [3.8, 4) is 5.75 Å². The molecule has 1 aliphatic heterocycles. The van der Waals surface area contributed by atoms with E-state index in [1.54, 1.807) is 43.3 Å². The average Bonchev–Trinajstić information content (AvgIpc) is 2.85. The number of hydrogen-bond acceptors (Lipinski definition) is 5. The largest absolute Gasteiger partial charge is 0.483 e. The van der Waals surface area contributed by atoms with E-state index < -0.39 is 17.8 Å². The number of imide groups is 2. The molecule has 1 aliphatic rings. The fraction of sp³-hybridized carbons (Fsp3) is 0.143. The third kappa shape index (κ3) is 5.70. The summed E-state index contributed by atoms with van der Waals surface area (Å²) in [5, 5.41) is 5.37. The molecule has 0 unspecified atom stereocenters. The number of para-hydroxylation sites is 1. The SMILES string of the molecule is Cc1ccc(C)c(NC(=O)COc2ccccc2/C=C2\C(=O)NC(=O)N(c3ccc(C)c(Cl)c3)C2=O)c1. The molecule has 0 saturated carbocycles. The van der Waals surface area contributed by atoms with Gasteiger partial charge in [0.15, 0.2) is 6.61 Å². The first kappa shape index (κ1) is 25.7. The molecule has 0 bridgehead atoms. The summed E-state index contributed by atoms with van der Waals surface area (Å²) in [7, 11) is 0. The zero-order valence-electron chi connectivity index (χ0n) is 20.4. The van der Waals surface area contributed by atoms with Crippen LogP contribution in [-0.4, -0.2) is 30.4 Å². The Bertz CT molecular complexity index is 1460. The Morgan fingerprint density at radius 2 is 1.73 bits per heavy atom. The predicted octanol–water partition coefficient (Wildman–Crippen LogP) is 4.95. The number of halogens is 1. The Hall–Kier alpha value is -4.43. The molecule has 1 fully saturated rings. The summed E-state index contributed by atoms with van der Waals surface area (Å²) in [5.74, 6) is -1.73. The summed E-state index contributed by atoms with van der Waals surface area (Å²) >= 11 is 6.17. The molecule has 9 heteroatoms. The van der Waals surface area contributed by atoms with E-state index in [-0.39, 0.29) is 29.5 Å². The Labute approximate surface area is 218 Å². The van der Waals surface area contributed by atoms with Crippen LogP contribution < -0.4 is 20.3 Å². The number of ether oxygens (including phenoxy) is 1. The first-order valence-electron chi connectivity index (χ1n) is 11.4. The van der Waals surface area contributed by atoms with E-state index in [0.29, 0.717) is 16.3 Å². The van der Waals surface area contributed by atoms with Crippen LogP contribution in [0.5, 0.6) is 5.75 Å². The van der Waals surface area contributed by atoms with Crippen LogP contribution in [-0.2, 0) is 14.4 Å². The first-order valence-corrected chi connectivity index (χ1v) is 11.8. The van der Waals surface area contributed by atoms with Gasteiger partial charge in [-0.15, -0.1) is 0 Å². The average molecular weight is 518 g/mol. The first-order chi connectivity index (χ1) is 17.6. The Morgan fingerprint density at radius 1 is 1.00 bits per heavy atom. The van der Waals surface area contributed by atoms with E-state index in [0.717, 1.165) is 21.6 Å². The summed E-state index contributed by atoms with van der Waals surface area (Å²) in [4.78, 5) is 51.6. The molecular formula is C28H24ClN3O5. The normalized spacial score (nSPS) is 14.5. The van der Waals surface area contributed by atoms with Crippen molar-refractivity contribution in [3.63, 3.8) is 0 Å². The van der Waals surface area contributed by atoms with Crippen molar-refractivity contribution in [1.82, 2.24) is 5.32 Å². The zero-order chi connectivity index (χ0) is 26.7. The molecule has 3 aromatic carbocycles. The minimum Gasteiger partial charge on any atom is -0.483 e. The maximum absolute atomic E-state index is 13.2. The van der Waals surface area contributed by atoms with Crippen LogP contribution >= 0.6 is 11.6 Å². The molecule has 37 heavy (non-hydrogen) atoms. The summed E-state index contributed by atoms with van der Waals surface area (Å²) < 4.78 is 5.72. The molecular weight excluding hydrogens is 494 g/mol. The van der Waals surface area contributed by atoms with Crippen LogP contribution in [0.3, 0.4) is 0 Å². The zero-order valence-corrected chi connectivity index (χ0v) is 21.2. The number of aryl methyl sites for hydroxylation is 3. The molecule has 1 heterocycles. The topological polar surface area (TPSA) is 105 Å². The van der Waals surface area contributed by atoms with E-state index in [9.17, 15) is 19.2 Å². The van der Waals surface area contributed by atoms with Crippen LogP contribution in [0.1, 0.15) is 22.3 Å². The van der Waals surface area contributed by atoms with E-state index in [4.69, 9.17) is 16.3 Å². The number of hydrogen-bond donors (Lipinski definition) is 2. The van der Waals surface area contributed by atoms with Gasteiger partial charge in [-0.3, -0.25) is 19.7 Å². The predicted molar refractivity (Wildman–Crippen MR) is 142 cm³/mol. The van der Waals surface area contributed by atoms with Crippen molar-refractivity contribution in [2.24, 2.45) is 0 Å². The van der Waals surface area contributed by atoms with Gasteiger partial charge in [0.1, 0.15) is 11.3 Å². The fourth-order valence-electron chi connectivity index (χ4n) is 3.70. The quantitative estimate of drug-likeness (QED) is 0.355. The van der Waals surface area contributed by atoms with Crippen molar-refractivity contribution >= 4 is 52.8 Å². The van der Waals surface area contributed by atoms with Gasteiger partial charge >= 0.3 is 6.03 Å². The number of rotatable bonds is 6. The highest BCUT2D eigenvalue weighted by Crippen LogP contribution is 2.28. The molecule has 5 amide bonds. The molecule has 2 N–H and O–H groups in total. The van der Waals surface area contributed by atoms with E-state index in [2.05, 4.69) is 10.6 Å². The van der Waals surface area contributed by atoms with Gasteiger partial charge < -0.3 is 10.1 Å². The van der Waals surface area contributed by atoms with Gasteiger partial charge in [0.05, 0.1) is 5.69 Å². The summed E-state index contributed by atoms with van der Waals surface area (Å²) in [6.45, 7) is 5.32. The number of carbonyl (C=O) groups excluding carboxylic acids is 4. The second kappa shape index (κ2) is 10.7. The van der Waals surface area contributed by atoms with Crippen LogP contribution in [0.25, 0.3) is 6.08 Å². The third-order valence-electron chi connectivity index (χ3n) is 5.76. The summed E-state index contributed by atoms with van der Waals surface area (Å²) in [6, 6.07) is 16.2. The monoisotopic (exact) mass is 517 g/mol. The lowest BCUT2D eigenvalue weighted by Gasteiger charge is -2.26. The number of benzene rings is 3. The highest BCUT2D eigenvalue weighted by molar-refractivity contribution is 6.39. The van der Waals surface area contributed by atoms with Crippen molar-refractivity contribution in [1.29, 1.82) is 0 Å². The van der Waals surface area contributed by atoms with Gasteiger partial charge in [-0.2, -0.15) is 0 Å². The molecule has 1 saturated heterocycles. The van der Waals surface area contributed by atoms with Crippen molar-refractivity contribution in [2.45, 2.75) is 20.8 Å². The van der Waals surface area contributed by atoms with Crippen molar-refractivity contribution < 1.29 is 23.9 Å². The fourth-order valence-corrected chi connectivity index (χ4v) is 3.87. The molecule has 0 aliphatic carbocycles. The maximum atomic E-state index is 13.2. The third-order valence-corrected chi connectivity index (χ3v) is 6.17. The minimum absolute atomic E-state index is 0.226. The number of amides is 5. The highest BCUT2D eigenvalue weighted by atomic mass is 35.5. The lowest BCUT2D eigenvalue weighted by Crippen LogP contribution is -2.54. The van der Waals surface area contributed by atoms with Crippen LogP contribution in [0, 0.1) is 20.8 Å². The van der Waals surface area contributed by atoms with Gasteiger partial charge in [-0.1, -0.05) is 48.0 Å². The molecule has 0 spiro atoms. The van der Waals surface area contributed by atoms with Crippen LogP contribution in [0.2, 0.25) is 5.02 Å². The molecule has 3 aromatic rings. The number of urea groups is 1. The van der Waals surface area contributed by atoms with Gasteiger partial charge in [0.2, 0.25) is 0 Å². The lowest BCUT2D eigenvalue weighted by atomic mass is 10.1. The molecule has 8 nitrogen and oxygen atoms in total. The highest BCUT2D eigenvalue weighted by Gasteiger charge is 2.37. The van der Waals surface area contributed by atoms with Gasteiger partial charge in [-0.05, 0) is 67.8 Å². The van der Waals surface area contributed by atoms with Gasteiger partial charge in [0, 0.05) is 16.3 Å².